The fraction of sp³-hybridized carbons (Fsp3) is 0.278. The molecular weight excluding hydrogens is 325 g/mol. The summed E-state index contributed by atoms with van der Waals surface area (Å²) in [6, 6.07) is 2.94. The van der Waals surface area contributed by atoms with E-state index in [9.17, 15) is 19.1 Å². The van der Waals surface area contributed by atoms with Crippen molar-refractivity contribution < 1.29 is 14.3 Å². The molecule has 3 aromatic rings. The summed E-state index contributed by atoms with van der Waals surface area (Å²) in [4.78, 5) is 30.3. The van der Waals surface area contributed by atoms with Gasteiger partial charge in [-0.15, -0.1) is 0 Å². The van der Waals surface area contributed by atoms with E-state index in [-0.39, 0.29) is 16.8 Å². The number of halogens is 1. The van der Waals surface area contributed by atoms with E-state index in [1.807, 2.05) is 4.90 Å². The van der Waals surface area contributed by atoms with E-state index in [0.29, 0.717) is 22.1 Å². The lowest BCUT2D eigenvalue weighted by Crippen LogP contribution is -2.20. The van der Waals surface area contributed by atoms with Crippen LogP contribution in [0.5, 0.6) is 0 Å². The molecule has 0 saturated carbocycles. The highest BCUT2D eigenvalue weighted by atomic mass is 19.1. The van der Waals surface area contributed by atoms with Gasteiger partial charge in [-0.25, -0.2) is 9.18 Å². The average Bonchev–Trinajstić information content (AvgIpc) is 3.10. The molecule has 0 radical (unpaired) electrons. The molecule has 128 valence electrons. The summed E-state index contributed by atoms with van der Waals surface area (Å²) >= 11 is 0. The second-order valence-corrected chi connectivity index (χ2v) is 6.32. The van der Waals surface area contributed by atoms with Gasteiger partial charge in [0.05, 0.1) is 28.3 Å². The Morgan fingerprint density at radius 2 is 2.00 bits per heavy atom. The maximum absolute atomic E-state index is 14.5. The molecule has 4 rings (SSSR count). The Balaban J connectivity index is 2.12. The van der Waals surface area contributed by atoms with Crippen molar-refractivity contribution in [2.75, 3.05) is 18.0 Å². The third-order valence-corrected chi connectivity index (χ3v) is 4.77. The van der Waals surface area contributed by atoms with Crippen LogP contribution >= 0.6 is 0 Å². The Labute approximate surface area is 142 Å². The molecule has 1 aliphatic heterocycles. The van der Waals surface area contributed by atoms with Crippen molar-refractivity contribution >= 4 is 33.5 Å². The summed E-state index contributed by atoms with van der Waals surface area (Å²) in [6.07, 6.45) is 4.75. The third kappa shape index (κ3) is 2.34. The van der Waals surface area contributed by atoms with E-state index in [1.54, 1.807) is 17.7 Å². The number of rotatable bonds is 2. The van der Waals surface area contributed by atoms with Gasteiger partial charge in [0.15, 0.2) is 0 Å². The Kier molecular flexibility index (Phi) is 3.45. The van der Waals surface area contributed by atoms with Gasteiger partial charge in [-0.3, -0.25) is 9.78 Å². The number of pyridine rings is 2. The molecule has 0 aliphatic carbocycles. The molecule has 1 N–H and O–H groups in total. The molecule has 1 fully saturated rings. The molecule has 2 aromatic heterocycles. The SMILES string of the molecule is Cn1cc(C(=O)O)c(=O)c2c3cc(N4CCCC4)c(F)cc3ncc21. The summed E-state index contributed by atoms with van der Waals surface area (Å²) < 4.78 is 16.1. The van der Waals surface area contributed by atoms with Crippen LogP contribution in [0.4, 0.5) is 10.1 Å². The van der Waals surface area contributed by atoms with Gasteiger partial charge in [0.25, 0.3) is 0 Å². The number of aryl methyl sites for hydroxylation is 1. The first kappa shape index (κ1) is 15.6. The first-order valence-electron chi connectivity index (χ1n) is 8.07. The number of aromatic carboxylic acids is 1. The first-order chi connectivity index (χ1) is 12.0. The minimum Gasteiger partial charge on any atom is -0.477 e. The average molecular weight is 341 g/mol. The van der Waals surface area contributed by atoms with Crippen LogP contribution in [0.2, 0.25) is 0 Å². The lowest BCUT2D eigenvalue weighted by molar-refractivity contribution is 0.0695. The molecule has 3 heterocycles. The van der Waals surface area contributed by atoms with Gasteiger partial charge in [0, 0.05) is 37.8 Å². The number of carbonyl (C=O) groups is 1. The molecule has 0 atom stereocenters. The zero-order chi connectivity index (χ0) is 17.7. The number of hydrogen-bond donors (Lipinski definition) is 1. The van der Waals surface area contributed by atoms with Crippen molar-refractivity contribution in [1.82, 2.24) is 9.55 Å². The van der Waals surface area contributed by atoms with Gasteiger partial charge < -0.3 is 14.6 Å². The van der Waals surface area contributed by atoms with Gasteiger partial charge in [-0.05, 0) is 18.9 Å². The molecule has 0 spiro atoms. The number of fused-ring (bicyclic) bond motifs is 3. The minimum atomic E-state index is -1.28. The number of hydrogen-bond acceptors (Lipinski definition) is 4. The largest absolute Gasteiger partial charge is 0.477 e. The molecule has 0 amide bonds. The van der Waals surface area contributed by atoms with Crippen LogP contribution in [0.1, 0.15) is 23.2 Å². The van der Waals surface area contributed by atoms with Crippen LogP contribution in [0.25, 0.3) is 21.8 Å². The second kappa shape index (κ2) is 5.54. The molecular formula is C18H16FN3O3. The van der Waals surface area contributed by atoms with Gasteiger partial charge in [0.1, 0.15) is 11.4 Å². The third-order valence-electron chi connectivity index (χ3n) is 4.77. The van der Waals surface area contributed by atoms with Gasteiger partial charge in [-0.2, -0.15) is 0 Å². The summed E-state index contributed by atoms with van der Waals surface area (Å²) in [6.45, 7) is 1.53. The number of nitrogens with zero attached hydrogens (tertiary/aromatic N) is 3. The van der Waals surface area contributed by atoms with Crippen LogP contribution in [0.15, 0.2) is 29.3 Å². The maximum Gasteiger partial charge on any atom is 0.341 e. The number of carboxylic acids is 1. The van der Waals surface area contributed by atoms with E-state index >= 15 is 0 Å². The second-order valence-electron chi connectivity index (χ2n) is 6.32. The lowest BCUT2D eigenvalue weighted by Gasteiger charge is -2.19. The van der Waals surface area contributed by atoms with E-state index < -0.39 is 11.4 Å². The molecule has 1 saturated heterocycles. The van der Waals surface area contributed by atoms with Crippen molar-refractivity contribution in [3.05, 3.63) is 46.1 Å². The van der Waals surface area contributed by atoms with Crippen molar-refractivity contribution in [2.45, 2.75) is 12.8 Å². The highest BCUT2D eigenvalue weighted by Gasteiger charge is 2.20. The molecule has 6 nitrogen and oxygen atoms in total. The van der Waals surface area contributed by atoms with Crippen LogP contribution < -0.4 is 10.3 Å². The fourth-order valence-corrected chi connectivity index (χ4v) is 3.51. The van der Waals surface area contributed by atoms with E-state index in [0.717, 1.165) is 25.9 Å². The lowest BCUT2D eigenvalue weighted by atomic mass is 10.1. The van der Waals surface area contributed by atoms with Crippen LogP contribution in [0.3, 0.4) is 0 Å². The quantitative estimate of drug-likeness (QED) is 0.725. The summed E-state index contributed by atoms with van der Waals surface area (Å²) in [5, 5.41) is 10.0. The number of aromatic nitrogens is 2. The molecule has 1 aliphatic rings. The van der Waals surface area contributed by atoms with Crippen molar-refractivity contribution in [3.63, 3.8) is 0 Å². The van der Waals surface area contributed by atoms with E-state index in [4.69, 9.17) is 0 Å². The predicted octanol–water partition coefficient (Wildman–Crippen LogP) is 2.52. The molecule has 0 unspecified atom stereocenters. The Morgan fingerprint density at radius 3 is 2.68 bits per heavy atom. The number of benzene rings is 1. The standard InChI is InChI=1S/C18H16FN3O3/c1-21-9-11(18(24)25)17(23)16-10-6-14(22-4-2-3-5-22)12(19)7-13(10)20-8-15(16)21/h6-9H,2-5H2,1H3,(H,24,25). The monoisotopic (exact) mass is 341 g/mol. The van der Waals surface area contributed by atoms with Crippen LogP contribution in [-0.2, 0) is 7.05 Å². The minimum absolute atomic E-state index is 0.257. The van der Waals surface area contributed by atoms with Crippen molar-refractivity contribution in [3.8, 4) is 0 Å². The number of anilines is 1. The topological polar surface area (TPSA) is 75.4 Å². The Bertz CT molecular complexity index is 1080. The Hall–Kier alpha value is -2.96. The molecule has 25 heavy (non-hydrogen) atoms. The smallest absolute Gasteiger partial charge is 0.341 e. The van der Waals surface area contributed by atoms with E-state index in [1.165, 1.54) is 18.5 Å². The highest BCUT2D eigenvalue weighted by Crippen LogP contribution is 2.30. The highest BCUT2D eigenvalue weighted by molar-refractivity contribution is 6.07. The van der Waals surface area contributed by atoms with Crippen LogP contribution in [-0.4, -0.2) is 33.7 Å². The summed E-state index contributed by atoms with van der Waals surface area (Å²) in [5.74, 6) is -1.66. The van der Waals surface area contributed by atoms with Gasteiger partial charge >= 0.3 is 5.97 Å². The summed E-state index contributed by atoms with van der Waals surface area (Å²) in [7, 11) is 1.66. The fourth-order valence-electron chi connectivity index (χ4n) is 3.51. The molecule has 0 bridgehead atoms. The number of carboxylic acid groups (broad SMARTS) is 1. The van der Waals surface area contributed by atoms with E-state index in [2.05, 4.69) is 4.98 Å². The summed E-state index contributed by atoms with van der Waals surface area (Å²) in [5.41, 5.74) is 0.401. The molecule has 7 heteroatoms. The van der Waals surface area contributed by atoms with Crippen LogP contribution in [0, 0.1) is 5.82 Å². The van der Waals surface area contributed by atoms with Gasteiger partial charge in [0.2, 0.25) is 5.43 Å². The van der Waals surface area contributed by atoms with Crippen molar-refractivity contribution in [2.24, 2.45) is 7.05 Å². The Morgan fingerprint density at radius 1 is 1.28 bits per heavy atom. The normalized spacial score (nSPS) is 14.6. The van der Waals surface area contributed by atoms with Gasteiger partial charge in [-0.1, -0.05) is 0 Å². The predicted molar refractivity (Wildman–Crippen MR) is 92.9 cm³/mol. The first-order valence-corrected chi connectivity index (χ1v) is 8.07. The maximum atomic E-state index is 14.5. The zero-order valence-corrected chi connectivity index (χ0v) is 13.6. The van der Waals surface area contributed by atoms with Crippen molar-refractivity contribution in [1.29, 1.82) is 0 Å². The zero-order valence-electron chi connectivity index (χ0n) is 13.6. The molecule has 1 aromatic carbocycles.